The number of aliphatic hydroxyl groups is 4. The quantitative estimate of drug-likeness (QED) is 0.278. The van der Waals surface area contributed by atoms with E-state index in [1.54, 1.807) is 0 Å². The molecule has 4 atom stereocenters. The third-order valence-corrected chi connectivity index (χ3v) is 2.10. The summed E-state index contributed by atoms with van der Waals surface area (Å²) in [6.45, 7) is 0. The molecular weight excluding hydrogens is 279 g/mol. The van der Waals surface area contributed by atoms with Crippen molar-refractivity contribution in [1.29, 1.82) is 0 Å². The number of halogens is 1. The minimum Gasteiger partial charge on any atom is -0.390 e. The Balaban J connectivity index is 3.98. The van der Waals surface area contributed by atoms with Crippen LogP contribution in [-0.4, -0.2) is 49.1 Å². The average Bonchev–Trinajstić information content (AvgIpc) is 2.02. The minimum atomic E-state index is -1.50. The second-order valence-electron chi connectivity index (χ2n) is 2.32. The predicted molar refractivity (Wildman–Crippen MR) is 48.7 cm³/mol. The molecule has 0 saturated heterocycles. The Bertz CT molecular complexity index is 140. The molecule has 0 spiro atoms. The van der Waals surface area contributed by atoms with E-state index in [4.69, 9.17) is 20.4 Å². The molecule has 0 aromatic heterocycles. The van der Waals surface area contributed by atoms with Crippen LogP contribution >= 0.6 is 22.6 Å². The van der Waals surface area contributed by atoms with Gasteiger partial charge < -0.3 is 25.2 Å². The third kappa shape index (κ3) is 3.76. The van der Waals surface area contributed by atoms with Crippen LogP contribution in [0.1, 0.15) is 6.42 Å². The van der Waals surface area contributed by atoms with Gasteiger partial charge in [-0.3, -0.25) is 0 Å². The maximum atomic E-state index is 9.90. The van der Waals surface area contributed by atoms with Crippen molar-refractivity contribution in [3.63, 3.8) is 0 Å². The molecule has 0 saturated carbocycles. The van der Waals surface area contributed by atoms with E-state index < -0.39 is 22.4 Å². The Labute approximate surface area is 83.2 Å². The highest BCUT2D eigenvalue weighted by Crippen LogP contribution is 2.10. The zero-order valence-electron chi connectivity index (χ0n) is 6.17. The maximum Gasteiger partial charge on any atom is 0.133 e. The monoisotopic (exact) mass is 290 g/mol. The molecule has 0 heterocycles. The molecule has 0 aliphatic rings. The first-order chi connectivity index (χ1) is 5.50. The molecule has 0 aromatic rings. The Morgan fingerprint density at radius 3 is 2.00 bits per heavy atom. The van der Waals surface area contributed by atoms with Crippen molar-refractivity contribution in [2.24, 2.45) is 0 Å². The van der Waals surface area contributed by atoms with Crippen molar-refractivity contribution in [3.05, 3.63) is 0 Å². The van der Waals surface area contributed by atoms with E-state index in [0.717, 1.165) is 0 Å². The third-order valence-electron chi connectivity index (χ3n) is 1.36. The van der Waals surface area contributed by atoms with Crippen LogP contribution in [0, 0.1) is 0 Å². The van der Waals surface area contributed by atoms with Gasteiger partial charge in [-0.25, -0.2) is 0 Å². The molecule has 5 nitrogen and oxygen atoms in total. The van der Waals surface area contributed by atoms with E-state index in [2.05, 4.69) is 0 Å². The molecule has 0 bridgehead atoms. The summed E-state index contributed by atoms with van der Waals surface area (Å²) in [5.74, 6) is 0. The van der Waals surface area contributed by atoms with Gasteiger partial charge in [0.25, 0.3) is 0 Å². The van der Waals surface area contributed by atoms with E-state index in [1.165, 1.54) is 22.6 Å². The number of aldehydes is 1. The number of rotatable bonds is 5. The van der Waals surface area contributed by atoms with Crippen molar-refractivity contribution in [1.82, 2.24) is 0 Å². The number of hydrogen-bond donors (Lipinski definition) is 4. The van der Waals surface area contributed by atoms with Crippen LogP contribution in [0.15, 0.2) is 0 Å². The zero-order chi connectivity index (χ0) is 9.72. The first-order valence-corrected chi connectivity index (χ1v) is 4.55. The summed E-state index contributed by atoms with van der Waals surface area (Å²) < 4.78 is -1.17. The second-order valence-corrected chi connectivity index (χ2v) is 3.60. The minimum absolute atomic E-state index is 0.262. The molecule has 0 aliphatic carbocycles. The molecule has 0 radical (unpaired) electrons. The van der Waals surface area contributed by atoms with E-state index in [1.807, 2.05) is 0 Å². The van der Waals surface area contributed by atoms with Gasteiger partial charge in [0, 0.05) is 6.42 Å². The Morgan fingerprint density at radius 1 is 1.17 bits per heavy atom. The van der Waals surface area contributed by atoms with Crippen molar-refractivity contribution in [3.8, 4) is 0 Å². The van der Waals surface area contributed by atoms with Crippen molar-refractivity contribution in [2.45, 2.75) is 28.8 Å². The van der Waals surface area contributed by atoms with Gasteiger partial charge in [0.1, 0.15) is 22.6 Å². The van der Waals surface area contributed by atoms with Gasteiger partial charge in [-0.2, -0.15) is 0 Å². The fraction of sp³-hybridized carbons (Fsp3) is 0.833. The molecule has 0 aliphatic heterocycles. The molecule has 0 aromatic carbocycles. The van der Waals surface area contributed by atoms with Crippen LogP contribution in [0.3, 0.4) is 0 Å². The summed E-state index contributed by atoms with van der Waals surface area (Å²) in [6, 6.07) is 0. The van der Waals surface area contributed by atoms with Crippen molar-refractivity contribution < 1.29 is 25.2 Å². The van der Waals surface area contributed by atoms with Gasteiger partial charge in [0.15, 0.2) is 0 Å². The lowest BCUT2D eigenvalue weighted by molar-refractivity contribution is -0.115. The Kier molecular flexibility index (Phi) is 5.93. The van der Waals surface area contributed by atoms with Gasteiger partial charge in [-0.1, -0.05) is 0 Å². The van der Waals surface area contributed by atoms with Gasteiger partial charge in [0.05, 0.1) is 6.10 Å². The first-order valence-electron chi connectivity index (χ1n) is 3.30. The highest BCUT2D eigenvalue weighted by molar-refractivity contribution is 14.1. The van der Waals surface area contributed by atoms with Gasteiger partial charge in [-0.15, -0.1) is 0 Å². The van der Waals surface area contributed by atoms with Gasteiger partial charge in [0.2, 0.25) is 0 Å². The lowest BCUT2D eigenvalue weighted by Gasteiger charge is -2.22. The van der Waals surface area contributed by atoms with Crippen molar-refractivity contribution >= 4 is 28.9 Å². The maximum absolute atomic E-state index is 9.90. The van der Waals surface area contributed by atoms with E-state index in [0.29, 0.717) is 6.29 Å². The number of aliphatic hydroxyl groups excluding tert-OH is 4. The average molecular weight is 290 g/mol. The molecule has 6 heteroatoms. The van der Waals surface area contributed by atoms with E-state index in [9.17, 15) is 4.79 Å². The predicted octanol–water partition coefficient (Wildman–Crippen LogP) is -1.59. The van der Waals surface area contributed by atoms with E-state index in [-0.39, 0.29) is 6.42 Å². The molecule has 0 rings (SSSR count). The molecule has 0 amide bonds. The first kappa shape index (κ1) is 12.2. The van der Waals surface area contributed by atoms with Gasteiger partial charge in [-0.05, 0) is 22.6 Å². The van der Waals surface area contributed by atoms with Crippen LogP contribution < -0.4 is 0 Å². The highest BCUT2D eigenvalue weighted by atomic mass is 127. The Morgan fingerprint density at radius 2 is 1.67 bits per heavy atom. The SMILES string of the molecule is O=CC[C@@H](O)[C@H](O)[C@H](O)C(O)I. The second kappa shape index (κ2) is 5.81. The standard InChI is InChI=1S/C6H11IO5/c7-6(12)5(11)4(10)3(9)1-2-8/h2-6,9-12H,1H2/t3-,4+,5+,6?/m1/s1. The van der Waals surface area contributed by atoms with Crippen LogP contribution in [0.25, 0.3) is 0 Å². The number of alkyl halides is 1. The largest absolute Gasteiger partial charge is 0.390 e. The lowest BCUT2D eigenvalue weighted by atomic mass is 10.1. The summed E-state index contributed by atoms with van der Waals surface area (Å²) in [5.41, 5.74) is 0. The van der Waals surface area contributed by atoms with E-state index >= 15 is 0 Å². The zero-order valence-corrected chi connectivity index (χ0v) is 8.33. The lowest BCUT2D eigenvalue weighted by Crippen LogP contribution is -2.42. The van der Waals surface area contributed by atoms with Crippen LogP contribution in [0.2, 0.25) is 0 Å². The summed E-state index contributed by atoms with van der Waals surface area (Å²) in [7, 11) is 0. The fourth-order valence-electron chi connectivity index (χ4n) is 0.628. The molecule has 12 heavy (non-hydrogen) atoms. The molecule has 1 unspecified atom stereocenters. The number of hydrogen-bond acceptors (Lipinski definition) is 5. The number of carbonyl (C=O) groups is 1. The summed E-state index contributed by atoms with van der Waals surface area (Å²) >= 11 is 1.49. The molecule has 4 N–H and O–H groups in total. The van der Waals surface area contributed by atoms with Crippen LogP contribution in [-0.2, 0) is 4.79 Å². The van der Waals surface area contributed by atoms with Crippen molar-refractivity contribution in [2.75, 3.05) is 0 Å². The highest BCUT2D eigenvalue weighted by Gasteiger charge is 2.28. The molecule has 72 valence electrons. The molecule has 0 fully saturated rings. The van der Waals surface area contributed by atoms with Crippen LogP contribution in [0.4, 0.5) is 0 Å². The van der Waals surface area contributed by atoms with Gasteiger partial charge >= 0.3 is 0 Å². The normalized spacial score (nSPS) is 21.1. The summed E-state index contributed by atoms with van der Waals surface area (Å²) in [5, 5.41) is 35.8. The molecular formula is C6H11IO5. The fourth-order valence-corrected chi connectivity index (χ4v) is 1.05. The number of carbonyl (C=O) groups excluding carboxylic acids is 1. The Hall–Kier alpha value is 0.240. The summed E-state index contributed by atoms with van der Waals surface area (Å²) in [4.78, 5) is 9.90. The summed E-state index contributed by atoms with van der Waals surface area (Å²) in [6.07, 6.45) is -4.11. The topological polar surface area (TPSA) is 98.0 Å². The smallest absolute Gasteiger partial charge is 0.133 e. The van der Waals surface area contributed by atoms with Crippen LogP contribution in [0.5, 0.6) is 0 Å².